The van der Waals surface area contributed by atoms with Crippen LogP contribution in [0.4, 0.5) is 0 Å². The molecule has 0 rings (SSSR count). The van der Waals surface area contributed by atoms with Crippen LogP contribution in [0.1, 0.15) is 0 Å². The Labute approximate surface area is 113 Å². The van der Waals surface area contributed by atoms with Crippen LogP contribution in [0.3, 0.4) is 0 Å². The molecule has 0 saturated heterocycles. The molecule has 0 aromatic heterocycles. The fourth-order valence-corrected chi connectivity index (χ4v) is 0.0577. The molecule has 0 spiro atoms. The standard InChI is InChI=1S/C3H8O3.K.Mn.4O/c4-1-3(6)2-5;;;;;;/h3-6H,1-2H2;;;;;;/q;+1;;;;;-1. The van der Waals surface area contributed by atoms with Crippen molar-refractivity contribution in [3.8, 4) is 0 Å². The second kappa shape index (κ2) is 10.5. The molecule has 0 atom stereocenters. The fourth-order valence-electron chi connectivity index (χ4n) is 0.0577. The molecule has 7 nitrogen and oxygen atoms in total. The SMILES string of the molecule is OCC(O)CO.[K+].[O]=[Mn](=[O])(=[O])[O-]. The van der Waals surface area contributed by atoms with Gasteiger partial charge in [0.2, 0.25) is 0 Å². The Morgan fingerprint density at radius 1 is 1.17 bits per heavy atom. The van der Waals surface area contributed by atoms with Crippen LogP contribution in [0.5, 0.6) is 0 Å². The number of aliphatic hydroxyl groups is 3. The van der Waals surface area contributed by atoms with E-state index in [0.29, 0.717) is 0 Å². The number of rotatable bonds is 2. The summed E-state index contributed by atoms with van der Waals surface area (Å²) in [6, 6.07) is 0. The van der Waals surface area contributed by atoms with Gasteiger partial charge in [-0.2, -0.15) is 0 Å². The van der Waals surface area contributed by atoms with Gasteiger partial charge in [-0.3, -0.25) is 0 Å². The Balaban J connectivity index is -0.000000126. The first kappa shape index (κ1) is 19.0. The molecule has 0 aromatic rings. The molecule has 0 amide bonds. The van der Waals surface area contributed by atoms with Crippen LogP contribution in [-0.2, 0) is 24.5 Å². The molecule has 3 N–H and O–H groups in total. The molecule has 0 aliphatic rings. The van der Waals surface area contributed by atoms with E-state index in [1.807, 2.05) is 0 Å². The molecule has 0 aliphatic carbocycles. The van der Waals surface area contributed by atoms with Crippen LogP contribution in [0.2, 0.25) is 0 Å². The van der Waals surface area contributed by atoms with E-state index in [1.54, 1.807) is 0 Å². The van der Waals surface area contributed by atoms with E-state index in [4.69, 9.17) is 31.0 Å². The van der Waals surface area contributed by atoms with E-state index >= 15 is 0 Å². The summed E-state index contributed by atoms with van der Waals surface area (Å²) >= 11 is -5.62. The topological polar surface area (TPSA) is 135 Å². The second-order valence-electron chi connectivity index (χ2n) is 1.40. The second-order valence-corrected chi connectivity index (χ2v) is 2.58. The first-order chi connectivity index (χ1) is 4.81. The van der Waals surface area contributed by atoms with Crippen LogP contribution in [0, 0.1) is 0 Å². The summed E-state index contributed by atoms with van der Waals surface area (Å²) in [5, 5.41) is 24.0. The van der Waals surface area contributed by atoms with Crippen molar-refractivity contribution in [3.63, 3.8) is 0 Å². The van der Waals surface area contributed by atoms with E-state index < -0.39 is 19.1 Å². The van der Waals surface area contributed by atoms with Gasteiger partial charge in [-0.05, 0) is 0 Å². The quantitative estimate of drug-likeness (QED) is 0.415. The van der Waals surface area contributed by atoms with Crippen molar-refractivity contribution < 1.29 is 95.4 Å². The Bertz CT molecular complexity index is 196. The third-order valence-electron chi connectivity index (χ3n) is 0.421. The summed E-state index contributed by atoms with van der Waals surface area (Å²) in [7, 11) is 0. The zero-order valence-electron chi connectivity index (χ0n) is 6.34. The molecule has 0 heterocycles. The maximum absolute atomic E-state index is 8.58. The van der Waals surface area contributed by atoms with Crippen LogP contribution in [0.25, 0.3) is 0 Å². The molecule has 0 aliphatic heterocycles. The molecule has 9 heteroatoms. The van der Waals surface area contributed by atoms with Gasteiger partial charge >= 0.3 is 80.0 Å². The van der Waals surface area contributed by atoms with Gasteiger partial charge in [0.1, 0.15) is 6.10 Å². The molecule has 0 aromatic carbocycles. The van der Waals surface area contributed by atoms with Crippen LogP contribution in [-0.4, -0.2) is 34.6 Å². The number of hydrogen-bond donors (Lipinski definition) is 3. The molecular weight excluding hydrogens is 242 g/mol. The molecule has 0 radical (unpaired) electrons. The van der Waals surface area contributed by atoms with Gasteiger partial charge in [0.25, 0.3) is 0 Å². The van der Waals surface area contributed by atoms with Gasteiger partial charge in [0.15, 0.2) is 0 Å². The van der Waals surface area contributed by atoms with Crippen molar-refractivity contribution >= 4 is 0 Å². The monoisotopic (exact) mass is 250 g/mol. The number of hydrogen-bond acceptors (Lipinski definition) is 7. The average Bonchev–Trinajstić information content (AvgIpc) is 1.83. The summed E-state index contributed by atoms with van der Waals surface area (Å²) < 4.78 is 34.3. The fraction of sp³-hybridized carbons (Fsp3) is 1.00. The molecule has 70 valence electrons. The number of aliphatic hydroxyl groups excluding tert-OH is 3. The Hall–Kier alpha value is 1.40. The van der Waals surface area contributed by atoms with E-state index in [0.717, 1.165) is 0 Å². The van der Waals surface area contributed by atoms with Crippen LogP contribution in [0.15, 0.2) is 0 Å². The van der Waals surface area contributed by atoms with Crippen molar-refractivity contribution in [1.82, 2.24) is 0 Å². The predicted octanol–water partition coefficient (Wildman–Crippen LogP) is -6.21. The van der Waals surface area contributed by atoms with Crippen molar-refractivity contribution in [3.05, 3.63) is 0 Å². The summed E-state index contributed by atoms with van der Waals surface area (Å²) in [6.07, 6.45) is -0.954. The van der Waals surface area contributed by atoms with Crippen molar-refractivity contribution in [2.75, 3.05) is 13.2 Å². The zero-order chi connectivity index (χ0) is 9.49. The summed E-state index contributed by atoms with van der Waals surface area (Å²) in [5.74, 6) is 0. The van der Waals surface area contributed by atoms with E-state index in [9.17, 15) is 0 Å². The first-order valence-electron chi connectivity index (χ1n) is 2.32. The van der Waals surface area contributed by atoms with Crippen molar-refractivity contribution in [1.29, 1.82) is 0 Å². The van der Waals surface area contributed by atoms with Crippen LogP contribution < -0.4 is 55.6 Å². The van der Waals surface area contributed by atoms with Crippen molar-refractivity contribution in [2.45, 2.75) is 6.10 Å². The van der Waals surface area contributed by atoms with Crippen molar-refractivity contribution in [2.24, 2.45) is 0 Å². The maximum atomic E-state index is 8.58. The third kappa shape index (κ3) is 42.3. The van der Waals surface area contributed by atoms with Gasteiger partial charge in [-0.25, -0.2) is 0 Å². The van der Waals surface area contributed by atoms with Gasteiger partial charge in [-0.1, -0.05) is 0 Å². The molecule has 0 unspecified atom stereocenters. The third-order valence-corrected chi connectivity index (χ3v) is 0.421. The molecule has 0 bridgehead atoms. The first-order valence-corrected chi connectivity index (χ1v) is 4.25. The van der Waals surface area contributed by atoms with Gasteiger partial charge < -0.3 is 15.3 Å². The summed E-state index contributed by atoms with van der Waals surface area (Å²) in [4.78, 5) is 0. The van der Waals surface area contributed by atoms with Gasteiger partial charge in [0.05, 0.1) is 13.2 Å². The van der Waals surface area contributed by atoms with E-state index in [2.05, 4.69) is 0 Å². The average molecular weight is 250 g/mol. The summed E-state index contributed by atoms with van der Waals surface area (Å²) in [6.45, 7) is -0.729. The van der Waals surface area contributed by atoms with E-state index in [1.165, 1.54) is 0 Å². The molecule has 0 saturated carbocycles. The van der Waals surface area contributed by atoms with Gasteiger partial charge in [-0.15, -0.1) is 0 Å². The molecule has 0 fully saturated rings. The van der Waals surface area contributed by atoms with Gasteiger partial charge in [0, 0.05) is 0 Å². The molecule has 12 heavy (non-hydrogen) atoms. The van der Waals surface area contributed by atoms with E-state index in [-0.39, 0.29) is 64.6 Å². The minimum atomic E-state index is -5.62. The Kier molecular flexibility index (Phi) is 16.6. The minimum absolute atomic E-state index is 0. The Morgan fingerprint density at radius 3 is 1.33 bits per heavy atom. The zero-order valence-corrected chi connectivity index (χ0v) is 10.6. The van der Waals surface area contributed by atoms with Crippen LogP contribution >= 0.6 is 0 Å². The summed E-state index contributed by atoms with van der Waals surface area (Å²) in [5.41, 5.74) is 0. The Morgan fingerprint density at radius 2 is 1.33 bits per heavy atom. The predicted molar refractivity (Wildman–Crippen MR) is 22.2 cm³/mol. The normalized spacial score (nSPS) is 9.75. The molecular formula is C3H8KMnO7.